The molecule has 1 N–H and O–H groups in total. The van der Waals surface area contributed by atoms with Crippen LogP contribution in [0.2, 0.25) is 0 Å². The van der Waals surface area contributed by atoms with Crippen molar-refractivity contribution in [3.8, 4) is 5.75 Å². The summed E-state index contributed by atoms with van der Waals surface area (Å²) in [6.45, 7) is 6.10. The van der Waals surface area contributed by atoms with Gasteiger partial charge in [0.15, 0.2) is 0 Å². The molecule has 3 nitrogen and oxygen atoms in total. The van der Waals surface area contributed by atoms with E-state index in [2.05, 4.69) is 22.5 Å². The molecular weight excluding hydrogens is 272 g/mol. The van der Waals surface area contributed by atoms with Gasteiger partial charge in [0, 0.05) is 10.9 Å². The molecule has 16 heavy (non-hydrogen) atoms. The molecule has 1 aromatic carbocycles. The maximum Gasteiger partial charge on any atom is 0.339 e. The number of carbonyl (C=O) groups is 1. The van der Waals surface area contributed by atoms with E-state index < -0.39 is 5.97 Å². The van der Waals surface area contributed by atoms with Gasteiger partial charge in [-0.3, -0.25) is 0 Å². The van der Waals surface area contributed by atoms with Gasteiger partial charge in [-0.15, -0.1) is 6.58 Å². The maximum absolute atomic E-state index is 10.9. The Hall–Kier alpha value is -1.29. The molecule has 0 fully saturated rings. The van der Waals surface area contributed by atoms with Gasteiger partial charge >= 0.3 is 5.97 Å². The van der Waals surface area contributed by atoms with Crippen molar-refractivity contribution < 1.29 is 14.6 Å². The molecule has 0 spiro atoms. The lowest BCUT2D eigenvalue weighted by atomic mass is 10.2. The molecule has 0 unspecified atom stereocenters. The molecule has 1 rings (SSSR count). The van der Waals surface area contributed by atoms with Crippen molar-refractivity contribution >= 4 is 21.9 Å². The molecule has 0 atom stereocenters. The SMILES string of the molecule is C=C(C)CCOc1cc(Br)ccc1C(=O)O. The van der Waals surface area contributed by atoms with Crippen LogP contribution in [-0.4, -0.2) is 17.7 Å². The second-order valence-electron chi connectivity index (χ2n) is 3.50. The summed E-state index contributed by atoms with van der Waals surface area (Å²) in [4.78, 5) is 10.9. The Balaban J connectivity index is 2.80. The fourth-order valence-corrected chi connectivity index (χ4v) is 1.47. The molecule has 0 saturated heterocycles. The third-order valence-corrected chi connectivity index (χ3v) is 2.45. The van der Waals surface area contributed by atoms with Gasteiger partial charge in [0.2, 0.25) is 0 Å². The number of halogens is 1. The van der Waals surface area contributed by atoms with E-state index in [0.29, 0.717) is 18.8 Å². The van der Waals surface area contributed by atoms with E-state index in [9.17, 15) is 4.79 Å². The highest BCUT2D eigenvalue weighted by molar-refractivity contribution is 9.10. The van der Waals surface area contributed by atoms with Crippen molar-refractivity contribution in [2.75, 3.05) is 6.61 Å². The van der Waals surface area contributed by atoms with Gasteiger partial charge in [-0.05, 0) is 25.1 Å². The Morgan fingerprint density at radius 1 is 1.56 bits per heavy atom. The van der Waals surface area contributed by atoms with E-state index in [1.807, 2.05) is 6.92 Å². The molecule has 0 aliphatic rings. The molecule has 4 heteroatoms. The van der Waals surface area contributed by atoms with Crippen LogP contribution < -0.4 is 4.74 Å². The third-order valence-electron chi connectivity index (χ3n) is 1.96. The lowest BCUT2D eigenvalue weighted by Crippen LogP contribution is -2.04. The Morgan fingerprint density at radius 2 is 2.25 bits per heavy atom. The first-order valence-electron chi connectivity index (χ1n) is 4.80. The largest absolute Gasteiger partial charge is 0.492 e. The van der Waals surface area contributed by atoms with Gasteiger partial charge in [-0.1, -0.05) is 21.5 Å². The predicted octanol–water partition coefficient (Wildman–Crippen LogP) is 3.49. The standard InChI is InChI=1S/C12H13BrO3/c1-8(2)5-6-16-11-7-9(13)3-4-10(11)12(14)15/h3-4,7H,1,5-6H2,2H3,(H,14,15). The summed E-state index contributed by atoms with van der Waals surface area (Å²) in [5, 5.41) is 8.95. The van der Waals surface area contributed by atoms with Gasteiger partial charge in [0.05, 0.1) is 6.61 Å². The van der Waals surface area contributed by atoms with Crippen LogP contribution >= 0.6 is 15.9 Å². The van der Waals surface area contributed by atoms with Crippen LogP contribution in [0.5, 0.6) is 5.75 Å². The Bertz CT molecular complexity index is 413. The average Bonchev–Trinajstić information content (AvgIpc) is 2.16. The van der Waals surface area contributed by atoms with Crippen LogP contribution in [0.3, 0.4) is 0 Å². The van der Waals surface area contributed by atoms with Crippen molar-refractivity contribution in [1.29, 1.82) is 0 Å². The molecule has 0 amide bonds. The summed E-state index contributed by atoms with van der Waals surface area (Å²) < 4.78 is 6.21. The molecule has 0 aliphatic heterocycles. The summed E-state index contributed by atoms with van der Waals surface area (Å²) in [6.07, 6.45) is 0.714. The summed E-state index contributed by atoms with van der Waals surface area (Å²) >= 11 is 3.28. The average molecular weight is 285 g/mol. The highest BCUT2D eigenvalue weighted by atomic mass is 79.9. The van der Waals surface area contributed by atoms with Crippen molar-refractivity contribution in [2.24, 2.45) is 0 Å². The Morgan fingerprint density at radius 3 is 2.81 bits per heavy atom. The monoisotopic (exact) mass is 284 g/mol. The maximum atomic E-state index is 10.9. The number of rotatable bonds is 5. The lowest BCUT2D eigenvalue weighted by Gasteiger charge is -2.09. The molecule has 1 aromatic rings. The van der Waals surface area contributed by atoms with Crippen LogP contribution in [0.4, 0.5) is 0 Å². The van der Waals surface area contributed by atoms with Gasteiger partial charge in [0.25, 0.3) is 0 Å². The minimum Gasteiger partial charge on any atom is -0.492 e. The topological polar surface area (TPSA) is 46.5 Å². The smallest absolute Gasteiger partial charge is 0.339 e. The molecule has 0 heterocycles. The molecule has 0 aromatic heterocycles. The molecule has 0 bridgehead atoms. The van der Waals surface area contributed by atoms with Crippen LogP contribution in [0.15, 0.2) is 34.8 Å². The minimum atomic E-state index is -0.988. The van der Waals surface area contributed by atoms with Crippen molar-refractivity contribution in [1.82, 2.24) is 0 Å². The zero-order chi connectivity index (χ0) is 12.1. The second-order valence-corrected chi connectivity index (χ2v) is 4.42. The van der Waals surface area contributed by atoms with Crippen LogP contribution in [0, 0.1) is 0 Å². The summed E-state index contributed by atoms with van der Waals surface area (Å²) in [5.74, 6) is -0.610. The Labute approximate surface area is 103 Å². The van der Waals surface area contributed by atoms with Crippen LogP contribution in [0.25, 0.3) is 0 Å². The van der Waals surface area contributed by atoms with E-state index in [0.717, 1.165) is 10.0 Å². The fourth-order valence-electron chi connectivity index (χ4n) is 1.13. The number of ether oxygens (including phenoxy) is 1. The fraction of sp³-hybridized carbons (Fsp3) is 0.250. The Kier molecular flexibility index (Phi) is 4.55. The first-order chi connectivity index (χ1) is 7.50. The predicted molar refractivity (Wildman–Crippen MR) is 66.0 cm³/mol. The number of benzene rings is 1. The van der Waals surface area contributed by atoms with Crippen molar-refractivity contribution in [2.45, 2.75) is 13.3 Å². The first-order valence-corrected chi connectivity index (χ1v) is 5.60. The second kappa shape index (κ2) is 5.70. The molecular formula is C12H13BrO3. The van der Waals surface area contributed by atoms with Crippen molar-refractivity contribution in [3.05, 3.63) is 40.4 Å². The van der Waals surface area contributed by atoms with Crippen LogP contribution in [-0.2, 0) is 0 Å². The van der Waals surface area contributed by atoms with Gasteiger partial charge in [-0.2, -0.15) is 0 Å². The number of hydrogen-bond acceptors (Lipinski definition) is 2. The molecule has 0 aliphatic carbocycles. The number of carboxylic acid groups (broad SMARTS) is 1. The number of aromatic carboxylic acids is 1. The molecule has 0 saturated carbocycles. The summed E-state index contributed by atoms with van der Waals surface area (Å²) in [5.41, 5.74) is 1.18. The zero-order valence-corrected chi connectivity index (χ0v) is 10.6. The van der Waals surface area contributed by atoms with E-state index in [1.54, 1.807) is 12.1 Å². The van der Waals surface area contributed by atoms with E-state index in [1.165, 1.54) is 6.07 Å². The summed E-state index contributed by atoms with van der Waals surface area (Å²) in [7, 11) is 0. The first kappa shape index (κ1) is 12.8. The summed E-state index contributed by atoms with van der Waals surface area (Å²) in [6, 6.07) is 4.85. The zero-order valence-electron chi connectivity index (χ0n) is 9.00. The highest BCUT2D eigenvalue weighted by Crippen LogP contribution is 2.24. The third kappa shape index (κ3) is 3.70. The highest BCUT2D eigenvalue weighted by Gasteiger charge is 2.11. The normalized spacial score (nSPS) is 9.88. The molecule has 86 valence electrons. The van der Waals surface area contributed by atoms with E-state index >= 15 is 0 Å². The van der Waals surface area contributed by atoms with Gasteiger partial charge in [0.1, 0.15) is 11.3 Å². The quantitative estimate of drug-likeness (QED) is 0.842. The number of hydrogen-bond donors (Lipinski definition) is 1. The number of carboxylic acids is 1. The van der Waals surface area contributed by atoms with Gasteiger partial charge < -0.3 is 9.84 Å². The van der Waals surface area contributed by atoms with E-state index in [-0.39, 0.29) is 5.56 Å². The van der Waals surface area contributed by atoms with Crippen molar-refractivity contribution in [3.63, 3.8) is 0 Å². The van der Waals surface area contributed by atoms with Crippen LogP contribution in [0.1, 0.15) is 23.7 Å². The van der Waals surface area contributed by atoms with E-state index in [4.69, 9.17) is 9.84 Å². The lowest BCUT2D eigenvalue weighted by molar-refractivity contribution is 0.0692. The molecule has 0 radical (unpaired) electrons. The minimum absolute atomic E-state index is 0.171. The van der Waals surface area contributed by atoms with Gasteiger partial charge in [-0.25, -0.2) is 4.79 Å².